The minimum atomic E-state index is 0. The molecule has 23 heavy (non-hydrogen) atoms. The molecule has 2 aliphatic heterocycles. The zero-order valence-corrected chi connectivity index (χ0v) is 16.3. The Balaban J connectivity index is 0.00000242. The van der Waals surface area contributed by atoms with Crippen LogP contribution < -0.4 is 10.6 Å². The highest BCUT2D eigenvalue weighted by atomic mass is 35.5. The van der Waals surface area contributed by atoms with Gasteiger partial charge in [0.2, 0.25) is 5.91 Å². The topological polar surface area (TPSA) is 44.4 Å². The van der Waals surface area contributed by atoms with Crippen LogP contribution in [0.25, 0.3) is 0 Å². The summed E-state index contributed by atoms with van der Waals surface area (Å²) in [5.74, 6) is 2.13. The van der Waals surface area contributed by atoms with Gasteiger partial charge in [-0.2, -0.15) is 0 Å². The fourth-order valence-corrected chi connectivity index (χ4v) is 3.87. The third-order valence-corrected chi connectivity index (χ3v) is 4.81. The van der Waals surface area contributed by atoms with E-state index in [1.54, 1.807) is 0 Å². The first-order valence-electron chi connectivity index (χ1n) is 8.86. The van der Waals surface area contributed by atoms with Crippen molar-refractivity contribution < 1.29 is 4.79 Å². The third-order valence-electron chi connectivity index (χ3n) is 4.81. The molecule has 1 amide bonds. The van der Waals surface area contributed by atoms with E-state index in [9.17, 15) is 4.79 Å². The number of nitrogens with zero attached hydrogens (tertiary/aromatic N) is 1. The number of carbonyl (C=O) groups excluding carboxylic acids is 1. The van der Waals surface area contributed by atoms with Crippen LogP contribution in [-0.2, 0) is 4.79 Å². The minimum absolute atomic E-state index is 0. The molecule has 2 saturated heterocycles. The SMILES string of the molecule is CC1CC(C)CN(CCCCNC(=O)C2CCCNC2)C1.Cl.Cl. The Morgan fingerprint density at radius 2 is 1.87 bits per heavy atom. The molecule has 2 aliphatic rings. The van der Waals surface area contributed by atoms with E-state index >= 15 is 0 Å². The molecule has 0 aliphatic carbocycles. The van der Waals surface area contributed by atoms with Crippen LogP contribution in [0.1, 0.15) is 46.0 Å². The number of nitrogens with one attached hydrogen (secondary N) is 2. The lowest BCUT2D eigenvalue weighted by atomic mass is 9.92. The van der Waals surface area contributed by atoms with E-state index in [0.29, 0.717) is 0 Å². The fourth-order valence-electron chi connectivity index (χ4n) is 3.87. The monoisotopic (exact) mass is 367 g/mol. The summed E-state index contributed by atoms with van der Waals surface area (Å²) in [6.07, 6.45) is 5.85. The van der Waals surface area contributed by atoms with E-state index in [-0.39, 0.29) is 36.6 Å². The van der Waals surface area contributed by atoms with Crippen LogP contribution in [0.2, 0.25) is 0 Å². The maximum absolute atomic E-state index is 12.0. The van der Waals surface area contributed by atoms with Crippen molar-refractivity contribution in [3.05, 3.63) is 0 Å². The second kappa shape index (κ2) is 12.3. The Bertz CT molecular complexity index is 315. The minimum Gasteiger partial charge on any atom is -0.356 e. The van der Waals surface area contributed by atoms with Crippen molar-refractivity contribution in [3.63, 3.8) is 0 Å². The van der Waals surface area contributed by atoms with E-state index in [0.717, 1.165) is 50.7 Å². The highest BCUT2D eigenvalue weighted by Gasteiger charge is 2.22. The van der Waals surface area contributed by atoms with E-state index in [1.165, 1.54) is 32.5 Å². The zero-order valence-electron chi connectivity index (χ0n) is 14.7. The number of carbonyl (C=O) groups is 1. The predicted octanol–water partition coefficient (Wildman–Crippen LogP) is 2.70. The van der Waals surface area contributed by atoms with Crippen LogP contribution in [0, 0.1) is 17.8 Å². The molecule has 0 aromatic heterocycles. The summed E-state index contributed by atoms with van der Waals surface area (Å²) < 4.78 is 0. The third kappa shape index (κ3) is 8.57. The summed E-state index contributed by atoms with van der Waals surface area (Å²) >= 11 is 0. The number of hydrogen-bond donors (Lipinski definition) is 2. The second-order valence-electron chi connectivity index (χ2n) is 7.25. The van der Waals surface area contributed by atoms with Crippen molar-refractivity contribution in [2.24, 2.45) is 17.8 Å². The number of amides is 1. The summed E-state index contributed by atoms with van der Waals surface area (Å²) in [6, 6.07) is 0. The lowest BCUT2D eigenvalue weighted by Crippen LogP contribution is -2.41. The van der Waals surface area contributed by atoms with Gasteiger partial charge in [-0.1, -0.05) is 13.8 Å². The molecule has 2 heterocycles. The van der Waals surface area contributed by atoms with Crippen LogP contribution in [0.4, 0.5) is 0 Å². The molecule has 3 unspecified atom stereocenters. The smallest absolute Gasteiger partial charge is 0.224 e. The zero-order chi connectivity index (χ0) is 15.1. The van der Waals surface area contributed by atoms with Gasteiger partial charge >= 0.3 is 0 Å². The van der Waals surface area contributed by atoms with Gasteiger partial charge in [0, 0.05) is 26.2 Å². The summed E-state index contributed by atoms with van der Waals surface area (Å²) in [7, 11) is 0. The van der Waals surface area contributed by atoms with Gasteiger partial charge in [-0.15, -0.1) is 24.8 Å². The molecule has 2 N–H and O–H groups in total. The highest BCUT2D eigenvalue weighted by Crippen LogP contribution is 2.20. The van der Waals surface area contributed by atoms with Gasteiger partial charge in [0.1, 0.15) is 0 Å². The molecular weight excluding hydrogens is 333 g/mol. The molecular formula is C17H35Cl2N3O. The molecule has 0 spiro atoms. The normalized spacial score (nSPS) is 28.3. The lowest BCUT2D eigenvalue weighted by Gasteiger charge is -2.34. The number of halogens is 2. The van der Waals surface area contributed by atoms with E-state index in [1.807, 2.05) is 0 Å². The maximum atomic E-state index is 12.0. The van der Waals surface area contributed by atoms with Crippen molar-refractivity contribution in [1.29, 1.82) is 0 Å². The van der Waals surface area contributed by atoms with Gasteiger partial charge in [-0.3, -0.25) is 4.79 Å². The van der Waals surface area contributed by atoms with Crippen molar-refractivity contribution >= 4 is 30.7 Å². The van der Waals surface area contributed by atoms with Crippen molar-refractivity contribution in [3.8, 4) is 0 Å². The Morgan fingerprint density at radius 1 is 1.17 bits per heavy atom. The number of rotatable bonds is 6. The first-order valence-corrected chi connectivity index (χ1v) is 8.86. The van der Waals surface area contributed by atoms with Crippen molar-refractivity contribution in [1.82, 2.24) is 15.5 Å². The first-order chi connectivity index (χ1) is 10.1. The standard InChI is InChI=1S/C17H33N3O.2ClH/c1-14-10-15(2)13-20(12-14)9-4-3-8-19-17(21)16-6-5-7-18-11-16;;/h14-16,18H,3-13H2,1-2H3,(H,19,21);2*1H. The van der Waals surface area contributed by atoms with Gasteiger partial charge in [0.15, 0.2) is 0 Å². The predicted molar refractivity (Wildman–Crippen MR) is 102 cm³/mol. The largest absolute Gasteiger partial charge is 0.356 e. The molecule has 0 aromatic rings. The van der Waals surface area contributed by atoms with Crippen LogP contribution in [-0.4, -0.2) is 50.1 Å². The molecule has 3 atom stereocenters. The van der Waals surface area contributed by atoms with E-state index in [4.69, 9.17) is 0 Å². The molecule has 2 fully saturated rings. The summed E-state index contributed by atoms with van der Waals surface area (Å²) in [5, 5.41) is 6.41. The van der Waals surface area contributed by atoms with E-state index in [2.05, 4.69) is 29.4 Å². The summed E-state index contributed by atoms with van der Waals surface area (Å²) in [5.41, 5.74) is 0. The molecule has 4 nitrogen and oxygen atoms in total. The number of piperidine rings is 2. The van der Waals surface area contributed by atoms with Gasteiger partial charge < -0.3 is 15.5 Å². The van der Waals surface area contributed by atoms with Gasteiger partial charge in [-0.05, 0) is 57.0 Å². The van der Waals surface area contributed by atoms with Crippen LogP contribution in [0.15, 0.2) is 0 Å². The number of unbranched alkanes of at least 4 members (excludes halogenated alkanes) is 1. The maximum Gasteiger partial charge on any atom is 0.224 e. The molecule has 0 radical (unpaired) electrons. The Hall–Kier alpha value is -0.0300. The quantitative estimate of drug-likeness (QED) is 0.709. The van der Waals surface area contributed by atoms with Crippen LogP contribution in [0.5, 0.6) is 0 Å². The molecule has 0 bridgehead atoms. The van der Waals surface area contributed by atoms with Gasteiger partial charge in [0.05, 0.1) is 5.92 Å². The molecule has 138 valence electrons. The fraction of sp³-hybridized carbons (Fsp3) is 0.941. The molecule has 6 heteroatoms. The van der Waals surface area contributed by atoms with Crippen LogP contribution >= 0.6 is 24.8 Å². The van der Waals surface area contributed by atoms with Crippen LogP contribution in [0.3, 0.4) is 0 Å². The highest BCUT2D eigenvalue weighted by molar-refractivity contribution is 5.85. The first kappa shape index (κ1) is 23.0. The Kier molecular flexibility index (Phi) is 12.3. The summed E-state index contributed by atoms with van der Waals surface area (Å²) in [4.78, 5) is 14.6. The second-order valence-corrected chi connectivity index (χ2v) is 7.25. The Labute approximate surface area is 154 Å². The van der Waals surface area contributed by atoms with Crippen molar-refractivity contribution in [2.45, 2.75) is 46.0 Å². The van der Waals surface area contributed by atoms with Gasteiger partial charge in [0.25, 0.3) is 0 Å². The Morgan fingerprint density at radius 3 is 2.48 bits per heavy atom. The number of likely N-dealkylation sites (tertiary alicyclic amines) is 1. The number of hydrogen-bond acceptors (Lipinski definition) is 3. The van der Waals surface area contributed by atoms with E-state index < -0.39 is 0 Å². The molecule has 0 aromatic carbocycles. The average Bonchev–Trinajstić information content (AvgIpc) is 2.46. The van der Waals surface area contributed by atoms with Gasteiger partial charge in [-0.25, -0.2) is 0 Å². The average molecular weight is 368 g/mol. The lowest BCUT2D eigenvalue weighted by molar-refractivity contribution is -0.125. The molecule has 2 rings (SSSR count). The summed E-state index contributed by atoms with van der Waals surface area (Å²) in [6.45, 7) is 11.2. The van der Waals surface area contributed by atoms with Crippen molar-refractivity contribution in [2.75, 3.05) is 39.3 Å². The molecule has 0 saturated carbocycles.